The lowest BCUT2D eigenvalue weighted by molar-refractivity contribution is -0.136. The van der Waals surface area contributed by atoms with Crippen molar-refractivity contribution in [1.82, 2.24) is 9.99 Å². The normalized spacial score (nSPS) is 10.8. The van der Waals surface area contributed by atoms with Crippen LogP contribution in [-0.4, -0.2) is 33.7 Å². The maximum Gasteiger partial charge on any atom is 0.335 e. The van der Waals surface area contributed by atoms with E-state index in [0.717, 1.165) is 22.6 Å². The maximum absolute atomic E-state index is 12.0. The van der Waals surface area contributed by atoms with Crippen molar-refractivity contribution >= 4 is 41.3 Å². The fraction of sp³-hybridized carbons (Fsp3) is 0.0909. The van der Waals surface area contributed by atoms with Gasteiger partial charge in [0.25, 0.3) is 0 Å². The molecule has 3 rings (SSSR count). The molecule has 2 aromatic carbocycles. The van der Waals surface area contributed by atoms with Gasteiger partial charge in [0, 0.05) is 33.3 Å². The van der Waals surface area contributed by atoms with E-state index in [9.17, 15) is 14.4 Å². The molecule has 0 aliphatic rings. The highest BCUT2D eigenvalue weighted by Crippen LogP contribution is 2.20. The third-order valence-electron chi connectivity index (χ3n) is 4.52. The first-order valence-corrected chi connectivity index (χ1v) is 9.56. The summed E-state index contributed by atoms with van der Waals surface area (Å²) in [6.07, 6.45) is 1.44. The van der Waals surface area contributed by atoms with Gasteiger partial charge in [-0.2, -0.15) is 5.10 Å². The number of aromatic carboxylic acids is 1. The van der Waals surface area contributed by atoms with E-state index in [4.69, 9.17) is 16.7 Å². The lowest BCUT2D eigenvalue weighted by atomic mass is 10.2. The van der Waals surface area contributed by atoms with Gasteiger partial charge in [-0.15, -0.1) is 0 Å². The number of hydrogen-bond donors (Lipinski definition) is 3. The van der Waals surface area contributed by atoms with Crippen LogP contribution in [0.25, 0.3) is 5.69 Å². The van der Waals surface area contributed by atoms with Gasteiger partial charge in [-0.05, 0) is 68.4 Å². The summed E-state index contributed by atoms with van der Waals surface area (Å²) >= 11 is 5.79. The lowest BCUT2D eigenvalue weighted by Gasteiger charge is -2.09. The smallest absolute Gasteiger partial charge is 0.335 e. The number of halogens is 1. The van der Waals surface area contributed by atoms with Crippen LogP contribution in [0.4, 0.5) is 5.69 Å². The number of aryl methyl sites for hydroxylation is 1. The summed E-state index contributed by atoms with van der Waals surface area (Å²) in [5, 5.41) is 15.9. The van der Waals surface area contributed by atoms with E-state index in [1.54, 1.807) is 36.4 Å². The minimum atomic E-state index is -0.990. The monoisotopic (exact) mass is 438 g/mol. The molecule has 0 bridgehead atoms. The van der Waals surface area contributed by atoms with E-state index in [-0.39, 0.29) is 5.56 Å². The van der Waals surface area contributed by atoms with Gasteiger partial charge in [0.2, 0.25) is 0 Å². The van der Waals surface area contributed by atoms with E-state index in [2.05, 4.69) is 15.8 Å². The Balaban J connectivity index is 1.67. The van der Waals surface area contributed by atoms with E-state index in [0.29, 0.717) is 10.7 Å². The molecule has 8 nitrogen and oxygen atoms in total. The molecule has 158 valence electrons. The molecule has 3 N–H and O–H groups in total. The molecule has 1 heterocycles. The van der Waals surface area contributed by atoms with Gasteiger partial charge in [0.15, 0.2) is 0 Å². The number of carboxylic acid groups (broad SMARTS) is 1. The molecule has 0 saturated heterocycles. The number of nitrogens with zero attached hydrogens (tertiary/aromatic N) is 2. The second-order valence-electron chi connectivity index (χ2n) is 6.67. The molecule has 0 spiro atoms. The van der Waals surface area contributed by atoms with Crippen molar-refractivity contribution in [3.05, 3.63) is 82.1 Å². The molecule has 0 atom stereocenters. The number of carboxylic acids is 1. The number of hydrazone groups is 1. The average Bonchev–Trinajstić information content (AvgIpc) is 3.02. The average molecular weight is 439 g/mol. The molecule has 0 fully saturated rings. The van der Waals surface area contributed by atoms with Crippen molar-refractivity contribution < 1.29 is 19.5 Å². The van der Waals surface area contributed by atoms with E-state index in [1.807, 2.05) is 24.5 Å². The summed E-state index contributed by atoms with van der Waals surface area (Å²) in [5.41, 5.74) is 6.10. The molecular formula is C22H19ClN4O4. The second kappa shape index (κ2) is 9.27. The van der Waals surface area contributed by atoms with Gasteiger partial charge < -0.3 is 15.0 Å². The Hall–Kier alpha value is -3.91. The van der Waals surface area contributed by atoms with E-state index >= 15 is 0 Å². The summed E-state index contributed by atoms with van der Waals surface area (Å²) in [6, 6.07) is 14.7. The Morgan fingerprint density at radius 3 is 2.26 bits per heavy atom. The van der Waals surface area contributed by atoms with Crippen LogP contribution >= 0.6 is 11.6 Å². The summed E-state index contributed by atoms with van der Waals surface area (Å²) in [7, 11) is 0. The SMILES string of the molecule is Cc1cc(/C=N\NC(=O)C(=O)Nc2ccc(Cl)cc2)c(C)n1-c1ccc(C(=O)O)cc1. The van der Waals surface area contributed by atoms with Gasteiger partial charge >= 0.3 is 17.8 Å². The standard InChI is InChI=1S/C22H19ClN4O4/c1-13-11-16(14(2)27(13)19-9-3-15(4-10-19)22(30)31)12-24-26-21(29)20(28)25-18-7-5-17(23)6-8-18/h3-12H,1-2H3,(H,25,28)(H,26,29)(H,30,31)/b24-12-. The molecule has 31 heavy (non-hydrogen) atoms. The highest BCUT2D eigenvalue weighted by molar-refractivity contribution is 6.39. The Morgan fingerprint density at radius 2 is 1.65 bits per heavy atom. The van der Waals surface area contributed by atoms with Crippen LogP contribution in [0.1, 0.15) is 27.3 Å². The molecule has 0 radical (unpaired) electrons. The third kappa shape index (κ3) is 5.18. The first kappa shape index (κ1) is 21.8. The zero-order valence-corrected chi connectivity index (χ0v) is 17.5. The minimum Gasteiger partial charge on any atom is -0.478 e. The van der Waals surface area contributed by atoms with Crippen LogP contribution in [-0.2, 0) is 9.59 Å². The molecule has 0 aliphatic heterocycles. The molecule has 0 unspecified atom stereocenters. The van der Waals surface area contributed by atoms with E-state index < -0.39 is 17.8 Å². The van der Waals surface area contributed by atoms with Crippen molar-refractivity contribution in [3.8, 4) is 5.69 Å². The minimum absolute atomic E-state index is 0.201. The lowest BCUT2D eigenvalue weighted by Crippen LogP contribution is -2.32. The summed E-state index contributed by atoms with van der Waals surface area (Å²) in [5.74, 6) is -2.76. The van der Waals surface area contributed by atoms with Crippen molar-refractivity contribution in [1.29, 1.82) is 0 Å². The topological polar surface area (TPSA) is 113 Å². The summed E-state index contributed by atoms with van der Waals surface area (Å²) in [4.78, 5) is 34.9. The predicted molar refractivity (Wildman–Crippen MR) is 118 cm³/mol. The Kier molecular flexibility index (Phi) is 6.52. The first-order chi connectivity index (χ1) is 14.8. The Bertz CT molecular complexity index is 1170. The van der Waals surface area contributed by atoms with Crippen LogP contribution in [0, 0.1) is 13.8 Å². The van der Waals surface area contributed by atoms with Crippen LogP contribution in [0.2, 0.25) is 5.02 Å². The Morgan fingerprint density at radius 1 is 1.00 bits per heavy atom. The van der Waals surface area contributed by atoms with Gasteiger partial charge in [0.1, 0.15) is 0 Å². The number of nitrogens with one attached hydrogen (secondary N) is 2. The number of amides is 2. The zero-order chi connectivity index (χ0) is 22.5. The Labute approximate surface area is 183 Å². The summed E-state index contributed by atoms with van der Waals surface area (Å²) in [6.45, 7) is 3.77. The fourth-order valence-electron chi connectivity index (χ4n) is 3.00. The number of rotatable bonds is 5. The maximum atomic E-state index is 12.0. The van der Waals surface area contributed by atoms with E-state index in [1.165, 1.54) is 18.3 Å². The molecule has 9 heteroatoms. The molecule has 0 saturated carbocycles. The van der Waals surface area contributed by atoms with Crippen LogP contribution in [0.3, 0.4) is 0 Å². The molecule has 1 aromatic heterocycles. The van der Waals surface area contributed by atoms with Gasteiger partial charge in [-0.25, -0.2) is 10.2 Å². The van der Waals surface area contributed by atoms with Crippen molar-refractivity contribution in [2.45, 2.75) is 13.8 Å². The number of hydrogen-bond acceptors (Lipinski definition) is 4. The van der Waals surface area contributed by atoms with Gasteiger partial charge in [-0.3, -0.25) is 9.59 Å². The highest BCUT2D eigenvalue weighted by Gasteiger charge is 2.14. The summed E-state index contributed by atoms with van der Waals surface area (Å²) < 4.78 is 1.93. The van der Waals surface area contributed by atoms with Crippen molar-refractivity contribution in [2.24, 2.45) is 5.10 Å². The number of anilines is 1. The van der Waals surface area contributed by atoms with Crippen molar-refractivity contribution in [2.75, 3.05) is 5.32 Å². The number of carbonyl (C=O) groups excluding carboxylic acids is 2. The molecular weight excluding hydrogens is 420 g/mol. The highest BCUT2D eigenvalue weighted by atomic mass is 35.5. The quantitative estimate of drug-likeness (QED) is 0.321. The largest absolute Gasteiger partial charge is 0.478 e. The zero-order valence-electron chi connectivity index (χ0n) is 16.7. The number of aromatic nitrogens is 1. The first-order valence-electron chi connectivity index (χ1n) is 9.19. The predicted octanol–water partition coefficient (Wildman–Crippen LogP) is 3.53. The van der Waals surface area contributed by atoms with Crippen molar-refractivity contribution in [3.63, 3.8) is 0 Å². The molecule has 3 aromatic rings. The number of benzene rings is 2. The molecule has 0 aliphatic carbocycles. The second-order valence-corrected chi connectivity index (χ2v) is 7.11. The molecule has 2 amide bonds. The third-order valence-corrected chi connectivity index (χ3v) is 4.77. The number of carbonyl (C=O) groups is 3. The van der Waals surface area contributed by atoms with Crippen LogP contribution in [0.5, 0.6) is 0 Å². The fourth-order valence-corrected chi connectivity index (χ4v) is 3.13. The van der Waals surface area contributed by atoms with Crippen LogP contribution in [0.15, 0.2) is 59.7 Å². The van der Waals surface area contributed by atoms with Crippen LogP contribution < -0.4 is 10.7 Å². The van der Waals surface area contributed by atoms with Gasteiger partial charge in [-0.1, -0.05) is 11.6 Å². The van der Waals surface area contributed by atoms with Gasteiger partial charge in [0.05, 0.1) is 11.8 Å².